The van der Waals surface area contributed by atoms with Gasteiger partial charge in [-0.3, -0.25) is 9.97 Å². The van der Waals surface area contributed by atoms with Gasteiger partial charge in [-0.15, -0.1) is 26.3 Å². The largest absolute Gasteiger partial charge is 1.00 e. The van der Waals surface area contributed by atoms with Crippen LogP contribution in [-0.4, -0.2) is 36.4 Å². The molecule has 0 aliphatic heterocycles. The molecule has 0 radical (unpaired) electrons. The summed E-state index contributed by atoms with van der Waals surface area (Å²) in [6.45, 7) is 28.8. The Morgan fingerprint density at radius 1 is 1.20 bits per heavy atom. The number of ether oxygens (including phenoxy) is 1. The number of hydrogen-bond donors (Lipinski definition) is 3. The molecular weight excluding hydrogens is 686 g/mol. The van der Waals surface area contributed by atoms with Crippen molar-refractivity contribution in [2.75, 3.05) is 20.7 Å². The molecule has 5 rings (SSSR count). The zero-order valence-electron chi connectivity index (χ0n) is 30.4. The van der Waals surface area contributed by atoms with E-state index in [0.29, 0.717) is 35.2 Å². The van der Waals surface area contributed by atoms with E-state index in [1.54, 1.807) is 12.2 Å². The van der Waals surface area contributed by atoms with E-state index in [1.807, 2.05) is 6.92 Å². The van der Waals surface area contributed by atoms with Gasteiger partial charge in [-0.2, -0.15) is 24.8 Å². The van der Waals surface area contributed by atoms with Crippen LogP contribution >= 0.6 is 11.6 Å². The molecule has 0 aromatic carbocycles. The van der Waals surface area contributed by atoms with Gasteiger partial charge in [0, 0.05) is 35.6 Å². The average Bonchev–Trinajstić information content (AvgIpc) is 4.02. The Labute approximate surface area is 345 Å². The van der Waals surface area contributed by atoms with E-state index in [1.165, 1.54) is 33.1 Å². The van der Waals surface area contributed by atoms with Crippen LogP contribution in [0.15, 0.2) is 86.0 Å². The summed E-state index contributed by atoms with van der Waals surface area (Å²) in [5.74, 6) is 0.898. The van der Waals surface area contributed by atoms with Gasteiger partial charge in [0.2, 0.25) is 0 Å². The number of rotatable bonds is 10. The zero-order chi connectivity index (χ0) is 37.5. The van der Waals surface area contributed by atoms with Crippen molar-refractivity contribution in [2.24, 2.45) is 11.7 Å². The topological polar surface area (TPSA) is 96.9 Å². The van der Waals surface area contributed by atoms with E-state index in [2.05, 4.69) is 75.3 Å². The molecule has 0 bridgehead atoms. The van der Waals surface area contributed by atoms with Crippen molar-refractivity contribution in [3.8, 4) is 11.3 Å². The monoisotopic (exact) mass is 736 g/mol. The van der Waals surface area contributed by atoms with E-state index >= 15 is 0 Å². The first-order valence-electron chi connectivity index (χ1n) is 16.1. The fourth-order valence-corrected chi connectivity index (χ4v) is 5.28. The zero-order valence-corrected chi connectivity index (χ0v) is 34.3. The summed E-state index contributed by atoms with van der Waals surface area (Å²) < 4.78 is 46.2. The maximum Gasteiger partial charge on any atom is 1.00 e. The summed E-state index contributed by atoms with van der Waals surface area (Å²) in [6, 6.07) is 3.59. The first-order chi connectivity index (χ1) is 23.4. The number of halogens is 4. The van der Waals surface area contributed by atoms with Crippen molar-refractivity contribution in [1.29, 1.82) is 5.41 Å². The number of alkyl halides is 3. The Morgan fingerprint density at radius 3 is 2.26 bits per heavy atom. The summed E-state index contributed by atoms with van der Waals surface area (Å²) >= 11 is 6.31. The first kappa shape index (κ1) is 47.7. The molecule has 2 atom stereocenters. The van der Waals surface area contributed by atoms with Gasteiger partial charge in [0.25, 0.3) is 0 Å². The molecule has 2 heterocycles. The van der Waals surface area contributed by atoms with Gasteiger partial charge in [-0.05, 0) is 80.1 Å². The predicted molar refractivity (Wildman–Crippen MR) is 198 cm³/mol. The second-order valence-corrected chi connectivity index (χ2v) is 11.6. The molecule has 3 aliphatic rings. The van der Waals surface area contributed by atoms with Gasteiger partial charge in [-0.1, -0.05) is 37.6 Å². The molecule has 0 saturated heterocycles. The van der Waals surface area contributed by atoms with Crippen molar-refractivity contribution in [3.63, 3.8) is 0 Å². The molecule has 2 aromatic heterocycles. The Hall–Kier alpha value is -2.31. The van der Waals surface area contributed by atoms with Crippen LogP contribution in [0.5, 0.6) is 0 Å². The first-order valence-corrected chi connectivity index (χ1v) is 16.5. The van der Waals surface area contributed by atoms with Gasteiger partial charge in [0.1, 0.15) is 0 Å². The maximum atomic E-state index is 13.6. The van der Waals surface area contributed by atoms with Gasteiger partial charge in [0.15, 0.2) is 5.69 Å². The molecule has 0 spiro atoms. The molecule has 2 aromatic rings. The van der Waals surface area contributed by atoms with Crippen LogP contribution in [0.3, 0.4) is 0 Å². The van der Waals surface area contributed by atoms with E-state index in [-0.39, 0.29) is 80.1 Å². The quantitative estimate of drug-likeness (QED) is 0.136. The van der Waals surface area contributed by atoms with Gasteiger partial charge < -0.3 is 27.6 Å². The smallest absolute Gasteiger partial charge is 0.507 e. The number of allylic oxidation sites excluding steroid dienone is 3. The minimum Gasteiger partial charge on any atom is -0.507 e. The van der Waals surface area contributed by atoms with E-state index in [0.717, 1.165) is 42.3 Å². The van der Waals surface area contributed by atoms with Crippen molar-refractivity contribution in [3.05, 3.63) is 127 Å². The van der Waals surface area contributed by atoms with Crippen LogP contribution in [-0.2, 0) is 10.9 Å². The summed E-state index contributed by atoms with van der Waals surface area (Å²) in [6.07, 6.45) is 7.78. The number of aromatic nitrogens is 2. The summed E-state index contributed by atoms with van der Waals surface area (Å²) in [5.41, 5.74) is 8.43. The summed E-state index contributed by atoms with van der Waals surface area (Å²) in [5, 5.41) is 11.0. The van der Waals surface area contributed by atoms with Crippen LogP contribution in [0.1, 0.15) is 80.3 Å². The fraction of sp³-hybridized carbons (Fsp3) is 0.385. The molecule has 2 saturated carbocycles. The number of nitrogens with one attached hydrogen (secondary N) is 2. The van der Waals surface area contributed by atoms with Gasteiger partial charge >= 0.3 is 57.6 Å². The molecule has 11 heteroatoms. The normalized spacial score (nSPS) is 15.5. The fourth-order valence-electron chi connectivity index (χ4n) is 4.98. The van der Waals surface area contributed by atoms with E-state index < -0.39 is 16.9 Å². The van der Waals surface area contributed by atoms with Gasteiger partial charge in [0.05, 0.1) is 23.6 Å². The van der Waals surface area contributed by atoms with Crippen molar-refractivity contribution in [2.45, 2.75) is 70.9 Å². The SMILES string of the molecule is C=C.C=C.CN.[CH-]1CC1.[CH-]=C1C=C(C(=C)NCC(c2cc(C(C)CC)c(C)c(-c3ccnc(C(F)(F)F)c3Cl)n2)C2CC2)C=C(OC)C1=N.[K+]. The Balaban J connectivity index is 0.00000217. The number of pyridine rings is 2. The molecule has 0 amide bonds. The third-order valence-electron chi connectivity index (χ3n) is 7.98. The van der Waals surface area contributed by atoms with Crippen LogP contribution in [0.2, 0.25) is 5.02 Å². The Kier molecular flexibility index (Phi) is 22.2. The second-order valence-electron chi connectivity index (χ2n) is 11.3. The minimum atomic E-state index is -4.68. The molecule has 268 valence electrons. The summed E-state index contributed by atoms with van der Waals surface area (Å²) in [7, 11) is 2.98. The van der Waals surface area contributed by atoms with Crippen molar-refractivity contribution < 1.29 is 69.3 Å². The van der Waals surface area contributed by atoms with Crippen LogP contribution in [0.25, 0.3) is 11.3 Å². The van der Waals surface area contributed by atoms with Gasteiger partial charge in [-0.25, -0.2) is 19.4 Å². The third-order valence-corrected chi connectivity index (χ3v) is 8.37. The third kappa shape index (κ3) is 13.3. The average molecular weight is 737 g/mol. The maximum absolute atomic E-state index is 13.6. The van der Waals surface area contributed by atoms with Crippen molar-refractivity contribution in [1.82, 2.24) is 15.3 Å². The summed E-state index contributed by atoms with van der Waals surface area (Å²) in [4.78, 5) is 8.46. The molecule has 3 aliphatic carbocycles. The molecular formula is C39H51ClF3KN5O-. The van der Waals surface area contributed by atoms with Crippen LogP contribution in [0, 0.1) is 31.3 Å². The molecule has 50 heavy (non-hydrogen) atoms. The van der Waals surface area contributed by atoms with Crippen molar-refractivity contribution >= 4 is 17.3 Å². The number of nitrogens with zero attached hydrogens (tertiary/aromatic N) is 2. The molecule has 6 nitrogen and oxygen atoms in total. The van der Waals surface area contributed by atoms with Crippen LogP contribution in [0.4, 0.5) is 13.2 Å². The number of hydrogen-bond acceptors (Lipinski definition) is 6. The predicted octanol–water partition coefficient (Wildman–Crippen LogP) is 7.25. The number of nitrogens with two attached hydrogens (primary N) is 1. The molecule has 2 fully saturated rings. The standard InChI is InChI=1S/C31H33ClF3N4O.C3H5.2C2H4.CH5N.K/c1-7-16(2)23-14-25(39-29(18(23)4)22-10-11-37-30(27(22)32)31(33,34)35)24(20-8-9-20)15-38-19(5)21-12-17(3)28(36)26(13-21)40-6;1-2-3-1;3*1-2;/h3,10-14,16,20,24,36,38H,5,7-9,15H2,1-2,4,6H3;1H,2-3H2;2*1-2H2;2H2,1H3;/q2*-1;;;;+1. The number of methoxy groups -OCH3 is 1. The molecule has 2 unspecified atom stereocenters. The van der Waals surface area contributed by atoms with Crippen LogP contribution < -0.4 is 62.4 Å². The van der Waals surface area contributed by atoms with E-state index in [9.17, 15) is 13.2 Å². The molecule has 4 N–H and O–H groups in total. The second kappa shape index (κ2) is 23.3. The Bertz CT molecular complexity index is 1510. The minimum absolute atomic E-state index is 0. The van der Waals surface area contributed by atoms with E-state index in [4.69, 9.17) is 33.3 Å². The Morgan fingerprint density at radius 2 is 1.78 bits per heavy atom.